The average molecular weight is 315 g/mol. The van der Waals surface area contributed by atoms with E-state index in [0.717, 1.165) is 20.7 Å². The van der Waals surface area contributed by atoms with Gasteiger partial charge in [-0.05, 0) is 41.1 Å². The number of hydrogen-bond donors (Lipinski definition) is 1. The van der Waals surface area contributed by atoms with Gasteiger partial charge in [0.2, 0.25) is 0 Å². The fourth-order valence-corrected chi connectivity index (χ4v) is 2.38. The van der Waals surface area contributed by atoms with E-state index in [1.807, 2.05) is 37.6 Å². The maximum atomic E-state index is 5.90. The van der Waals surface area contributed by atoms with Gasteiger partial charge in [-0.25, -0.2) is 0 Å². The first-order chi connectivity index (χ1) is 8.06. The predicted octanol–water partition coefficient (Wildman–Crippen LogP) is 4.01. The summed E-state index contributed by atoms with van der Waals surface area (Å²) < 4.78 is 2.76. The summed E-state index contributed by atoms with van der Waals surface area (Å²) in [6.07, 6.45) is 3.86. The van der Waals surface area contributed by atoms with Crippen molar-refractivity contribution in [3.05, 3.63) is 45.7 Å². The standard InChI is InChI=1S/C12H13BrClN3/c1-8(9-6-15-17(2)7-9)16-12-4-3-10(14)5-11(12)13/h3-8,16H,1-2H3. The Hall–Kier alpha value is -1.00. The van der Waals surface area contributed by atoms with Gasteiger partial charge in [0.1, 0.15) is 0 Å². The number of benzene rings is 1. The zero-order valence-electron chi connectivity index (χ0n) is 9.61. The number of nitrogens with one attached hydrogen (secondary N) is 1. The van der Waals surface area contributed by atoms with Crippen molar-refractivity contribution in [3.63, 3.8) is 0 Å². The topological polar surface area (TPSA) is 29.9 Å². The van der Waals surface area contributed by atoms with Gasteiger partial charge in [0, 0.05) is 34.0 Å². The van der Waals surface area contributed by atoms with Gasteiger partial charge in [-0.2, -0.15) is 5.10 Å². The second kappa shape index (κ2) is 5.10. The number of aromatic nitrogens is 2. The van der Waals surface area contributed by atoms with E-state index >= 15 is 0 Å². The Labute approximate surface area is 114 Å². The van der Waals surface area contributed by atoms with Gasteiger partial charge >= 0.3 is 0 Å². The van der Waals surface area contributed by atoms with E-state index in [-0.39, 0.29) is 6.04 Å². The molecule has 0 saturated heterocycles. The first kappa shape index (κ1) is 12.5. The number of rotatable bonds is 3. The first-order valence-corrected chi connectivity index (χ1v) is 6.43. The van der Waals surface area contributed by atoms with E-state index in [1.54, 1.807) is 4.68 Å². The Morgan fingerprint density at radius 2 is 2.24 bits per heavy atom. The number of anilines is 1. The van der Waals surface area contributed by atoms with Crippen LogP contribution in [0.15, 0.2) is 35.1 Å². The van der Waals surface area contributed by atoms with Crippen molar-refractivity contribution in [2.75, 3.05) is 5.32 Å². The molecule has 1 atom stereocenters. The molecular weight excluding hydrogens is 302 g/mol. The molecule has 0 aliphatic heterocycles. The van der Waals surface area contributed by atoms with Crippen molar-refractivity contribution in [2.24, 2.45) is 7.05 Å². The minimum absolute atomic E-state index is 0.196. The van der Waals surface area contributed by atoms with Gasteiger partial charge in [-0.1, -0.05) is 11.6 Å². The summed E-state index contributed by atoms with van der Waals surface area (Å²) in [5, 5.41) is 8.29. The summed E-state index contributed by atoms with van der Waals surface area (Å²) >= 11 is 9.39. The summed E-state index contributed by atoms with van der Waals surface area (Å²) in [7, 11) is 1.91. The van der Waals surface area contributed by atoms with Crippen LogP contribution in [0.1, 0.15) is 18.5 Å². The lowest BCUT2D eigenvalue weighted by atomic mass is 10.2. The molecule has 0 saturated carbocycles. The minimum Gasteiger partial charge on any atom is -0.377 e. The molecule has 5 heteroatoms. The summed E-state index contributed by atoms with van der Waals surface area (Å²) in [5.74, 6) is 0. The Bertz CT molecular complexity index is 524. The molecule has 2 aromatic rings. The van der Waals surface area contributed by atoms with Crippen LogP contribution in [0.3, 0.4) is 0 Å². The first-order valence-electron chi connectivity index (χ1n) is 5.26. The average Bonchev–Trinajstić information content (AvgIpc) is 2.69. The predicted molar refractivity (Wildman–Crippen MR) is 74.4 cm³/mol. The largest absolute Gasteiger partial charge is 0.377 e. The number of halogens is 2. The van der Waals surface area contributed by atoms with E-state index in [0.29, 0.717) is 0 Å². The molecule has 0 radical (unpaired) electrons. The molecule has 1 heterocycles. The highest BCUT2D eigenvalue weighted by Gasteiger charge is 2.09. The van der Waals surface area contributed by atoms with Crippen LogP contribution in [-0.2, 0) is 7.05 Å². The van der Waals surface area contributed by atoms with Crippen LogP contribution in [0.2, 0.25) is 5.02 Å². The SMILES string of the molecule is CC(Nc1ccc(Cl)cc1Br)c1cnn(C)c1. The lowest BCUT2D eigenvalue weighted by Crippen LogP contribution is -2.06. The van der Waals surface area contributed by atoms with Crippen LogP contribution >= 0.6 is 27.5 Å². The Morgan fingerprint density at radius 1 is 1.47 bits per heavy atom. The number of aryl methyl sites for hydroxylation is 1. The Morgan fingerprint density at radius 3 is 2.82 bits per heavy atom. The van der Waals surface area contributed by atoms with Gasteiger partial charge in [0.05, 0.1) is 12.2 Å². The molecule has 2 rings (SSSR count). The molecular formula is C12H13BrClN3. The van der Waals surface area contributed by atoms with Crippen LogP contribution in [0.5, 0.6) is 0 Å². The van der Waals surface area contributed by atoms with E-state index < -0.39 is 0 Å². The highest BCUT2D eigenvalue weighted by molar-refractivity contribution is 9.10. The molecule has 3 nitrogen and oxygen atoms in total. The molecule has 1 unspecified atom stereocenters. The monoisotopic (exact) mass is 313 g/mol. The van der Waals surface area contributed by atoms with E-state index in [1.165, 1.54) is 0 Å². The van der Waals surface area contributed by atoms with Gasteiger partial charge in [-0.15, -0.1) is 0 Å². The van der Waals surface area contributed by atoms with E-state index in [2.05, 4.69) is 33.3 Å². The third-order valence-electron chi connectivity index (χ3n) is 2.53. The van der Waals surface area contributed by atoms with Crippen molar-refractivity contribution < 1.29 is 0 Å². The third kappa shape index (κ3) is 3.01. The molecule has 1 aromatic heterocycles. The fourth-order valence-electron chi connectivity index (χ4n) is 1.59. The molecule has 90 valence electrons. The number of nitrogens with zero attached hydrogens (tertiary/aromatic N) is 2. The van der Waals surface area contributed by atoms with Crippen LogP contribution in [0.25, 0.3) is 0 Å². The molecule has 1 aromatic carbocycles. The zero-order valence-corrected chi connectivity index (χ0v) is 12.0. The van der Waals surface area contributed by atoms with Crippen molar-refractivity contribution in [2.45, 2.75) is 13.0 Å². The van der Waals surface area contributed by atoms with Crippen LogP contribution in [-0.4, -0.2) is 9.78 Å². The van der Waals surface area contributed by atoms with Gasteiger partial charge in [0.15, 0.2) is 0 Å². The molecule has 0 aliphatic carbocycles. The number of hydrogen-bond acceptors (Lipinski definition) is 2. The molecule has 1 N–H and O–H groups in total. The van der Waals surface area contributed by atoms with Gasteiger partial charge in [0.25, 0.3) is 0 Å². The van der Waals surface area contributed by atoms with Crippen molar-refractivity contribution in [3.8, 4) is 0 Å². The van der Waals surface area contributed by atoms with Crippen LogP contribution in [0.4, 0.5) is 5.69 Å². The zero-order chi connectivity index (χ0) is 12.4. The van der Waals surface area contributed by atoms with Crippen LogP contribution < -0.4 is 5.32 Å². The van der Waals surface area contributed by atoms with Crippen LogP contribution in [0, 0.1) is 0 Å². The quantitative estimate of drug-likeness (QED) is 0.927. The Balaban J connectivity index is 2.15. The van der Waals surface area contributed by atoms with Crippen molar-refractivity contribution in [1.29, 1.82) is 0 Å². The summed E-state index contributed by atoms with van der Waals surface area (Å²) in [4.78, 5) is 0. The molecule has 0 spiro atoms. The second-order valence-corrected chi connectivity index (χ2v) is 5.23. The summed E-state index contributed by atoms with van der Waals surface area (Å²) in [5.41, 5.74) is 2.17. The molecule has 0 aliphatic rings. The second-order valence-electron chi connectivity index (χ2n) is 3.94. The maximum absolute atomic E-state index is 5.90. The van der Waals surface area contributed by atoms with Crippen molar-refractivity contribution in [1.82, 2.24) is 9.78 Å². The minimum atomic E-state index is 0.196. The Kier molecular flexibility index (Phi) is 3.74. The fraction of sp³-hybridized carbons (Fsp3) is 0.250. The molecule has 0 amide bonds. The molecule has 0 bridgehead atoms. The summed E-state index contributed by atoms with van der Waals surface area (Å²) in [6.45, 7) is 2.10. The van der Waals surface area contributed by atoms with Gasteiger partial charge < -0.3 is 5.32 Å². The summed E-state index contributed by atoms with van der Waals surface area (Å²) in [6, 6.07) is 5.89. The highest BCUT2D eigenvalue weighted by atomic mass is 79.9. The lowest BCUT2D eigenvalue weighted by Gasteiger charge is -2.15. The highest BCUT2D eigenvalue weighted by Crippen LogP contribution is 2.28. The van der Waals surface area contributed by atoms with Crippen molar-refractivity contribution >= 4 is 33.2 Å². The van der Waals surface area contributed by atoms with E-state index in [9.17, 15) is 0 Å². The van der Waals surface area contributed by atoms with Gasteiger partial charge in [-0.3, -0.25) is 4.68 Å². The molecule has 17 heavy (non-hydrogen) atoms. The normalized spacial score (nSPS) is 12.5. The molecule has 0 fully saturated rings. The third-order valence-corrected chi connectivity index (χ3v) is 3.42. The smallest absolute Gasteiger partial charge is 0.0542 e. The lowest BCUT2D eigenvalue weighted by molar-refractivity contribution is 0.765. The van der Waals surface area contributed by atoms with E-state index in [4.69, 9.17) is 11.6 Å². The maximum Gasteiger partial charge on any atom is 0.0542 e.